The molecule has 0 amide bonds. The number of likely N-dealkylation sites (tertiary alicyclic amines) is 1. The molecule has 1 aliphatic heterocycles. The van der Waals surface area contributed by atoms with Gasteiger partial charge in [-0.1, -0.05) is 13.8 Å². The molecule has 96 valence electrons. The van der Waals surface area contributed by atoms with Crippen LogP contribution in [-0.2, 0) is 9.47 Å². The Morgan fingerprint density at radius 1 is 1.44 bits per heavy atom. The average Bonchev–Trinajstić information content (AvgIpc) is 2.66. The molecule has 0 aliphatic carbocycles. The Hall–Kier alpha value is -0.160. The lowest BCUT2D eigenvalue weighted by atomic mass is 10.2. The molecule has 0 radical (unpaired) electrons. The number of methoxy groups -OCH3 is 1. The third-order valence-corrected chi connectivity index (χ3v) is 3.01. The van der Waals surface area contributed by atoms with Crippen molar-refractivity contribution in [1.82, 2.24) is 4.90 Å². The van der Waals surface area contributed by atoms with Gasteiger partial charge in [0.05, 0.1) is 19.3 Å². The first-order chi connectivity index (χ1) is 7.67. The number of aliphatic hydroxyl groups excluding tert-OH is 1. The zero-order chi connectivity index (χ0) is 12.0. The van der Waals surface area contributed by atoms with E-state index in [0.29, 0.717) is 5.92 Å². The maximum atomic E-state index is 9.26. The lowest BCUT2D eigenvalue weighted by Gasteiger charge is -2.22. The van der Waals surface area contributed by atoms with Crippen LogP contribution in [0.25, 0.3) is 0 Å². The van der Waals surface area contributed by atoms with Crippen LogP contribution < -0.4 is 0 Å². The van der Waals surface area contributed by atoms with Crippen LogP contribution in [0.3, 0.4) is 0 Å². The molecule has 1 heterocycles. The molecule has 16 heavy (non-hydrogen) atoms. The molecule has 0 bridgehead atoms. The Bertz CT molecular complexity index is 187. The summed E-state index contributed by atoms with van der Waals surface area (Å²) >= 11 is 0. The van der Waals surface area contributed by atoms with E-state index in [-0.39, 0.29) is 18.8 Å². The molecule has 0 spiro atoms. The molecule has 0 saturated carbocycles. The van der Waals surface area contributed by atoms with Gasteiger partial charge in [0.2, 0.25) is 0 Å². The molecule has 1 fully saturated rings. The molecule has 0 aromatic rings. The predicted octanol–water partition coefficient (Wildman–Crippen LogP) is 0.741. The topological polar surface area (TPSA) is 41.9 Å². The molecule has 1 saturated heterocycles. The fourth-order valence-corrected chi connectivity index (χ4v) is 2.07. The van der Waals surface area contributed by atoms with Crippen molar-refractivity contribution >= 4 is 0 Å². The quantitative estimate of drug-likeness (QED) is 0.656. The van der Waals surface area contributed by atoms with E-state index in [1.807, 2.05) is 0 Å². The third-order valence-electron chi connectivity index (χ3n) is 3.01. The second-order valence-corrected chi connectivity index (χ2v) is 4.89. The van der Waals surface area contributed by atoms with Crippen molar-refractivity contribution < 1.29 is 14.6 Å². The van der Waals surface area contributed by atoms with Gasteiger partial charge in [0.1, 0.15) is 0 Å². The highest BCUT2D eigenvalue weighted by Crippen LogP contribution is 2.18. The molecule has 0 unspecified atom stereocenters. The minimum atomic E-state index is 0.212. The van der Waals surface area contributed by atoms with E-state index in [4.69, 9.17) is 9.47 Å². The number of hydrogen-bond acceptors (Lipinski definition) is 4. The molecular weight excluding hydrogens is 206 g/mol. The Balaban J connectivity index is 2.19. The van der Waals surface area contributed by atoms with Crippen LogP contribution in [0.5, 0.6) is 0 Å². The number of ether oxygens (including phenoxy) is 2. The summed E-state index contributed by atoms with van der Waals surface area (Å²) in [5.41, 5.74) is 0. The van der Waals surface area contributed by atoms with Crippen LogP contribution in [0.2, 0.25) is 0 Å². The minimum Gasteiger partial charge on any atom is -0.395 e. The van der Waals surface area contributed by atoms with E-state index in [2.05, 4.69) is 18.7 Å². The zero-order valence-corrected chi connectivity index (χ0v) is 10.7. The standard InChI is InChI=1S/C12H25NO3/c1-10(2)9-16-5-4-13-7-12(15-3)6-11(13)8-14/h10-12,14H,4-9H2,1-3H3/t11-,12+/m0/s1. The van der Waals surface area contributed by atoms with Crippen molar-refractivity contribution in [2.24, 2.45) is 5.92 Å². The first-order valence-electron chi connectivity index (χ1n) is 6.12. The van der Waals surface area contributed by atoms with Crippen LogP contribution in [0.4, 0.5) is 0 Å². The van der Waals surface area contributed by atoms with Gasteiger partial charge in [-0.3, -0.25) is 4.90 Å². The molecule has 0 aromatic heterocycles. The van der Waals surface area contributed by atoms with Crippen molar-refractivity contribution in [3.63, 3.8) is 0 Å². The number of hydrogen-bond donors (Lipinski definition) is 1. The number of nitrogens with zero attached hydrogens (tertiary/aromatic N) is 1. The van der Waals surface area contributed by atoms with Crippen LogP contribution in [-0.4, -0.2) is 62.2 Å². The van der Waals surface area contributed by atoms with Gasteiger partial charge in [-0.05, 0) is 12.3 Å². The predicted molar refractivity (Wildman–Crippen MR) is 63.5 cm³/mol. The highest BCUT2D eigenvalue weighted by Gasteiger charge is 2.30. The van der Waals surface area contributed by atoms with Crippen molar-refractivity contribution in [3.8, 4) is 0 Å². The lowest BCUT2D eigenvalue weighted by Crippen LogP contribution is -2.35. The summed E-state index contributed by atoms with van der Waals surface area (Å²) in [5, 5.41) is 9.26. The normalized spacial score (nSPS) is 26.8. The maximum Gasteiger partial charge on any atom is 0.0714 e. The van der Waals surface area contributed by atoms with Crippen LogP contribution in [0, 0.1) is 5.92 Å². The summed E-state index contributed by atoms with van der Waals surface area (Å²) in [6, 6.07) is 0.243. The fraction of sp³-hybridized carbons (Fsp3) is 1.00. The second kappa shape index (κ2) is 7.22. The molecule has 1 aliphatic rings. The van der Waals surface area contributed by atoms with Gasteiger partial charge in [-0.25, -0.2) is 0 Å². The highest BCUT2D eigenvalue weighted by atomic mass is 16.5. The maximum absolute atomic E-state index is 9.26. The third kappa shape index (κ3) is 4.37. The summed E-state index contributed by atoms with van der Waals surface area (Å²) in [6.07, 6.45) is 1.19. The van der Waals surface area contributed by atoms with Gasteiger partial charge in [-0.2, -0.15) is 0 Å². The summed E-state index contributed by atoms with van der Waals surface area (Å²) in [7, 11) is 1.73. The molecule has 1 rings (SSSR count). The molecular formula is C12H25NO3. The van der Waals surface area contributed by atoms with Gasteiger partial charge < -0.3 is 14.6 Å². The molecule has 4 heteroatoms. The van der Waals surface area contributed by atoms with Crippen LogP contribution in [0.1, 0.15) is 20.3 Å². The molecule has 4 nitrogen and oxygen atoms in total. The first kappa shape index (κ1) is 13.9. The molecule has 1 N–H and O–H groups in total. The summed E-state index contributed by atoms with van der Waals surface area (Å²) in [6.45, 7) is 7.85. The zero-order valence-electron chi connectivity index (χ0n) is 10.7. The lowest BCUT2D eigenvalue weighted by molar-refractivity contribution is 0.0668. The van der Waals surface area contributed by atoms with E-state index in [1.54, 1.807) is 7.11 Å². The van der Waals surface area contributed by atoms with Crippen molar-refractivity contribution in [3.05, 3.63) is 0 Å². The van der Waals surface area contributed by atoms with Gasteiger partial charge in [0, 0.05) is 32.8 Å². The van der Waals surface area contributed by atoms with E-state index in [9.17, 15) is 5.11 Å². The smallest absolute Gasteiger partial charge is 0.0714 e. The Labute approximate surface area is 98.5 Å². The number of rotatable bonds is 7. The van der Waals surface area contributed by atoms with Crippen LogP contribution >= 0.6 is 0 Å². The summed E-state index contributed by atoms with van der Waals surface area (Å²) in [4.78, 5) is 2.26. The number of aliphatic hydroxyl groups is 1. The average molecular weight is 231 g/mol. The van der Waals surface area contributed by atoms with E-state index < -0.39 is 0 Å². The van der Waals surface area contributed by atoms with Gasteiger partial charge in [-0.15, -0.1) is 0 Å². The summed E-state index contributed by atoms with van der Waals surface area (Å²) < 4.78 is 10.9. The largest absolute Gasteiger partial charge is 0.395 e. The SMILES string of the molecule is CO[C@@H]1C[C@@H](CO)N(CCOCC(C)C)C1. The summed E-state index contributed by atoms with van der Waals surface area (Å²) in [5.74, 6) is 0.582. The van der Waals surface area contributed by atoms with E-state index in [0.717, 1.165) is 32.7 Å². The van der Waals surface area contributed by atoms with E-state index in [1.165, 1.54) is 0 Å². The second-order valence-electron chi connectivity index (χ2n) is 4.89. The Morgan fingerprint density at radius 3 is 2.75 bits per heavy atom. The minimum absolute atomic E-state index is 0.212. The molecule has 2 atom stereocenters. The molecule has 0 aromatic carbocycles. The Kier molecular flexibility index (Phi) is 6.28. The first-order valence-corrected chi connectivity index (χ1v) is 6.12. The van der Waals surface area contributed by atoms with E-state index >= 15 is 0 Å². The van der Waals surface area contributed by atoms with Crippen molar-refractivity contribution in [1.29, 1.82) is 0 Å². The highest BCUT2D eigenvalue weighted by molar-refractivity contribution is 4.85. The van der Waals surface area contributed by atoms with Crippen LogP contribution in [0.15, 0.2) is 0 Å². The van der Waals surface area contributed by atoms with Crippen molar-refractivity contribution in [2.75, 3.05) is 40.0 Å². The van der Waals surface area contributed by atoms with Gasteiger partial charge in [0.15, 0.2) is 0 Å². The van der Waals surface area contributed by atoms with Crippen molar-refractivity contribution in [2.45, 2.75) is 32.4 Å². The van der Waals surface area contributed by atoms with Gasteiger partial charge >= 0.3 is 0 Å². The Morgan fingerprint density at radius 2 is 2.19 bits per heavy atom. The fourth-order valence-electron chi connectivity index (χ4n) is 2.07. The monoisotopic (exact) mass is 231 g/mol. The van der Waals surface area contributed by atoms with Gasteiger partial charge in [0.25, 0.3) is 0 Å².